The number of carbonyl (C=O) groups is 1. The second kappa shape index (κ2) is 4.39. The molecule has 1 aliphatic rings. The lowest BCUT2D eigenvalue weighted by molar-refractivity contribution is 0.0122. The van der Waals surface area contributed by atoms with Crippen LogP contribution in [0.1, 0.15) is 40.5 Å². The van der Waals surface area contributed by atoms with E-state index in [1.165, 1.54) is 0 Å². The summed E-state index contributed by atoms with van der Waals surface area (Å²) in [4.78, 5) is 11.4. The molecular formula is C11H21NO3. The third kappa shape index (κ3) is 4.51. The van der Waals surface area contributed by atoms with Crippen molar-refractivity contribution in [3.05, 3.63) is 0 Å². The van der Waals surface area contributed by atoms with Gasteiger partial charge in [-0.25, -0.2) is 4.79 Å². The maximum Gasteiger partial charge on any atom is 0.407 e. The zero-order chi connectivity index (χ0) is 11.5. The smallest absolute Gasteiger partial charge is 0.407 e. The first kappa shape index (κ1) is 12.3. The minimum Gasteiger partial charge on any atom is -0.444 e. The molecule has 4 heteroatoms. The number of hydrogen-bond acceptors (Lipinski definition) is 3. The molecule has 0 aromatic carbocycles. The summed E-state index contributed by atoms with van der Waals surface area (Å²) in [6.07, 6.45) is 1.68. The van der Waals surface area contributed by atoms with Crippen molar-refractivity contribution in [2.45, 2.75) is 51.7 Å². The van der Waals surface area contributed by atoms with Crippen LogP contribution < -0.4 is 5.32 Å². The lowest BCUT2D eigenvalue weighted by atomic mass is 10.0. The van der Waals surface area contributed by atoms with Crippen molar-refractivity contribution < 1.29 is 14.3 Å². The van der Waals surface area contributed by atoms with Crippen molar-refractivity contribution in [2.75, 3.05) is 13.2 Å². The van der Waals surface area contributed by atoms with E-state index in [1.54, 1.807) is 0 Å². The van der Waals surface area contributed by atoms with E-state index < -0.39 is 5.60 Å². The maximum atomic E-state index is 11.4. The summed E-state index contributed by atoms with van der Waals surface area (Å²) in [5, 5.41) is 2.74. The van der Waals surface area contributed by atoms with Crippen LogP contribution in [-0.4, -0.2) is 30.4 Å². The second-order valence-electron chi connectivity index (χ2n) is 5.26. The van der Waals surface area contributed by atoms with Crippen molar-refractivity contribution in [1.29, 1.82) is 0 Å². The Morgan fingerprint density at radius 2 is 2.20 bits per heavy atom. The van der Waals surface area contributed by atoms with Crippen molar-refractivity contribution in [3.8, 4) is 0 Å². The summed E-state index contributed by atoms with van der Waals surface area (Å²) in [6.45, 7) is 8.85. The monoisotopic (exact) mass is 215 g/mol. The zero-order valence-corrected chi connectivity index (χ0v) is 10.1. The first-order valence-corrected chi connectivity index (χ1v) is 5.42. The van der Waals surface area contributed by atoms with E-state index in [4.69, 9.17) is 9.47 Å². The fourth-order valence-electron chi connectivity index (χ4n) is 1.55. The van der Waals surface area contributed by atoms with E-state index >= 15 is 0 Å². The van der Waals surface area contributed by atoms with Crippen LogP contribution in [0.25, 0.3) is 0 Å². The van der Waals surface area contributed by atoms with Crippen LogP contribution in [0.2, 0.25) is 0 Å². The van der Waals surface area contributed by atoms with Crippen molar-refractivity contribution >= 4 is 6.09 Å². The molecule has 1 fully saturated rings. The molecule has 0 bridgehead atoms. The lowest BCUT2D eigenvalue weighted by Gasteiger charge is -2.25. The number of nitrogens with one attached hydrogen (secondary N) is 1. The van der Waals surface area contributed by atoms with Crippen LogP contribution in [0, 0.1) is 0 Å². The van der Waals surface area contributed by atoms with E-state index in [-0.39, 0.29) is 11.7 Å². The summed E-state index contributed by atoms with van der Waals surface area (Å²) in [5.41, 5.74) is -0.654. The van der Waals surface area contributed by atoms with Crippen LogP contribution in [0.15, 0.2) is 0 Å². The van der Waals surface area contributed by atoms with Crippen LogP contribution in [-0.2, 0) is 9.47 Å². The Hall–Kier alpha value is -0.770. The quantitative estimate of drug-likeness (QED) is 0.767. The van der Waals surface area contributed by atoms with Gasteiger partial charge in [-0.3, -0.25) is 0 Å². The van der Waals surface area contributed by atoms with E-state index in [9.17, 15) is 4.79 Å². The van der Waals surface area contributed by atoms with Crippen LogP contribution in [0.5, 0.6) is 0 Å². The van der Waals surface area contributed by atoms with E-state index in [0.717, 1.165) is 19.4 Å². The average molecular weight is 215 g/mol. The van der Waals surface area contributed by atoms with Crippen LogP contribution in [0.3, 0.4) is 0 Å². The largest absolute Gasteiger partial charge is 0.444 e. The number of carbonyl (C=O) groups excluding carboxylic acids is 1. The Kier molecular flexibility index (Phi) is 3.60. The molecule has 1 atom stereocenters. The summed E-state index contributed by atoms with van der Waals surface area (Å²) < 4.78 is 10.7. The van der Waals surface area contributed by atoms with Gasteiger partial charge in [-0.2, -0.15) is 0 Å². The fourth-order valence-corrected chi connectivity index (χ4v) is 1.55. The molecule has 0 spiro atoms. The molecule has 1 heterocycles. The molecule has 1 rings (SSSR count). The first-order valence-electron chi connectivity index (χ1n) is 5.42. The highest BCUT2D eigenvalue weighted by Crippen LogP contribution is 2.23. The second-order valence-corrected chi connectivity index (χ2v) is 5.26. The van der Waals surface area contributed by atoms with Gasteiger partial charge in [0.2, 0.25) is 0 Å². The van der Waals surface area contributed by atoms with E-state index in [1.807, 2.05) is 27.7 Å². The number of alkyl carbamates (subject to hydrolysis) is 1. The predicted molar refractivity (Wildman–Crippen MR) is 57.8 cm³/mol. The molecular weight excluding hydrogens is 194 g/mol. The molecule has 1 saturated heterocycles. The molecule has 1 unspecified atom stereocenters. The third-order valence-electron chi connectivity index (χ3n) is 2.31. The van der Waals surface area contributed by atoms with Gasteiger partial charge in [-0.05, 0) is 40.5 Å². The summed E-state index contributed by atoms with van der Waals surface area (Å²) in [5.74, 6) is 0. The zero-order valence-electron chi connectivity index (χ0n) is 10.1. The van der Waals surface area contributed by atoms with Gasteiger partial charge in [0.05, 0.1) is 5.60 Å². The highest BCUT2D eigenvalue weighted by atomic mass is 16.6. The molecule has 0 saturated carbocycles. The Labute approximate surface area is 91.3 Å². The Bertz CT molecular complexity index is 226. The first-order chi connectivity index (χ1) is 6.81. The summed E-state index contributed by atoms with van der Waals surface area (Å²) in [6, 6.07) is 0. The highest BCUT2D eigenvalue weighted by molar-refractivity contribution is 5.67. The highest BCUT2D eigenvalue weighted by Gasteiger charge is 2.30. The minimum atomic E-state index is -0.443. The molecule has 4 nitrogen and oxygen atoms in total. The molecule has 0 radical (unpaired) electrons. The van der Waals surface area contributed by atoms with Gasteiger partial charge in [0.1, 0.15) is 5.60 Å². The van der Waals surface area contributed by atoms with Gasteiger partial charge in [0.25, 0.3) is 0 Å². The Balaban J connectivity index is 2.28. The number of amides is 1. The molecule has 1 amide bonds. The molecule has 1 N–H and O–H groups in total. The van der Waals surface area contributed by atoms with E-state index in [2.05, 4.69) is 5.32 Å². The van der Waals surface area contributed by atoms with Gasteiger partial charge in [-0.1, -0.05) is 0 Å². The van der Waals surface area contributed by atoms with Gasteiger partial charge in [-0.15, -0.1) is 0 Å². The topological polar surface area (TPSA) is 47.6 Å². The van der Waals surface area contributed by atoms with Gasteiger partial charge in [0.15, 0.2) is 0 Å². The average Bonchev–Trinajstić information content (AvgIpc) is 2.47. The van der Waals surface area contributed by atoms with Crippen LogP contribution in [0.4, 0.5) is 4.79 Å². The Morgan fingerprint density at radius 3 is 2.67 bits per heavy atom. The lowest BCUT2D eigenvalue weighted by Crippen LogP contribution is -2.42. The summed E-state index contributed by atoms with van der Waals surface area (Å²) >= 11 is 0. The SMILES string of the molecule is CC(C)(C)OC(=O)NCC1(C)CCCO1. The predicted octanol–water partition coefficient (Wildman–Crippen LogP) is 2.08. The molecule has 0 aromatic rings. The van der Waals surface area contributed by atoms with Crippen molar-refractivity contribution in [2.24, 2.45) is 0 Å². The van der Waals surface area contributed by atoms with Crippen molar-refractivity contribution in [3.63, 3.8) is 0 Å². The standard InChI is InChI=1S/C11H21NO3/c1-10(2,3)15-9(13)12-8-11(4)6-5-7-14-11/h5-8H2,1-4H3,(H,12,13). The molecule has 0 aliphatic carbocycles. The number of hydrogen-bond donors (Lipinski definition) is 1. The number of ether oxygens (including phenoxy) is 2. The van der Waals surface area contributed by atoms with Crippen LogP contribution >= 0.6 is 0 Å². The van der Waals surface area contributed by atoms with Gasteiger partial charge >= 0.3 is 6.09 Å². The molecule has 88 valence electrons. The third-order valence-corrected chi connectivity index (χ3v) is 2.31. The normalized spacial score (nSPS) is 26.4. The molecule has 15 heavy (non-hydrogen) atoms. The fraction of sp³-hybridized carbons (Fsp3) is 0.909. The van der Waals surface area contributed by atoms with Crippen molar-refractivity contribution in [1.82, 2.24) is 5.32 Å². The number of rotatable bonds is 2. The molecule has 1 aliphatic heterocycles. The minimum absolute atomic E-state index is 0.211. The Morgan fingerprint density at radius 1 is 1.53 bits per heavy atom. The van der Waals surface area contributed by atoms with Gasteiger partial charge < -0.3 is 14.8 Å². The van der Waals surface area contributed by atoms with E-state index in [0.29, 0.717) is 6.54 Å². The van der Waals surface area contributed by atoms with Gasteiger partial charge in [0, 0.05) is 13.2 Å². The molecule has 0 aromatic heterocycles. The maximum absolute atomic E-state index is 11.4. The summed E-state index contributed by atoms with van der Waals surface area (Å²) in [7, 11) is 0.